The zero-order valence-corrected chi connectivity index (χ0v) is 28.6. The Morgan fingerprint density at radius 2 is 1.40 bits per heavy atom. The van der Waals surface area contributed by atoms with Crippen molar-refractivity contribution >= 4 is 0 Å². The number of nitrogens with two attached hydrogens (primary N) is 1. The fourth-order valence-electron chi connectivity index (χ4n) is 10.9. The Bertz CT molecular complexity index is 777. The number of aliphatic hydroxyl groups excluding tert-OH is 1. The van der Waals surface area contributed by atoms with Crippen molar-refractivity contribution in [1.82, 2.24) is 16.0 Å². The van der Waals surface area contributed by atoms with Crippen LogP contribution in [0.2, 0.25) is 0 Å². The van der Waals surface area contributed by atoms with Gasteiger partial charge in [-0.25, -0.2) is 0 Å². The average Bonchev–Trinajstić information content (AvgIpc) is 3.31. The van der Waals surface area contributed by atoms with Crippen LogP contribution in [0.15, 0.2) is 0 Å². The first-order valence-corrected chi connectivity index (χ1v) is 18.7. The quantitative estimate of drug-likeness (QED) is 0.115. The van der Waals surface area contributed by atoms with Gasteiger partial charge in [-0.2, -0.15) is 0 Å². The normalized spacial score (nSPS) is 38.7. The fourth-order valence-corrected chi connectivity index (χ4v) is 10.9. The van der Waals surface area contributed by atoms with E-state index in [4.69, 9.17) is 5.73 Å². The van der Waals surface area contributed by atoms with Crippen LogP contribution in [0.25, 0.3) is 0 Å². The van der Waals surface area contributed by atoms with Crippen molar-refractivity contribution in [2.45, 2.75) is 143 Å². The van der Waals surface area contributed by atoms with Gasteiger partial charge in [0, 0.05) is 6.04 Å². The molecule has 42 heavy (non-hydrogen) atoms. The van der Waals surface area contributed by atoms with Crippen LogP contribution in [-0.4, -0.2) is 56.5 Å². The van der Waals surface area contributed by atoms with Crippen molar-refractivity contribution in [3.05, 3.63) is 0 Å². The van der Waals surface area contributed by atoms with Crippen LogP contribution in [0.1, 0.15) is 131 Å². The topological polar surface area (TPSA) is 82.3 Å². The Morgan fingerprint density at radius 3 is 2.12 bits per heavy atom. The van der Waals surface area contributed by atoms with Gasteiger partial charge in [0.1, 0.15) is 0 Å². The van der Waals surface area contributed by atoms with E-state index in [0.717, 1.165) is 81.7 Å². The molecule has 4 rings (SSSR count). The molecule has 0 aliphatic heterocycles. The third kappa shape index (κ3) is 8.33. The Labute approximate surface area is 261 Å². The minimum Gasteiger partial charge on any atom is -0.393 e. The Kier molecular flexibility index (Phi) is 13.5. The van der Waals surface area contributed by atoms with E-state index in [2.05, 4.69) is 50.6 Å². The number of hydrogen-bond acceptors (Lipinski definition) is 5. The molecule has 4 aliphatic carbocycles. The summed E-state index contributed by atoms with van der Waals surface area (Å²) in [5.41, 5.74) is 6.43. The second-order valence-electron chi connectivity index (χ2n) is 16.5. The number of nitrogens with one attached hydrogen (secondary N) is 3. The van der Waals surface area contributed by atoms with Crippen LogP contribution in [-0.2, 0) is 0 Å². The molecule has 4 saturated carbocycles. The van der Waals surface area contributed by atoms with Crippen LogP contribution in [0.4, 0.5) is 0 Å². The van der Waals surface area contributed by atoms with E-state index < -0.39 is 0 Å². The summed E-state index contributed by atoms with van der Waals surface area (Å²) >= 11 is 0. The van der Waals surface area contributed by atoms with E-state index in [1.807, 2.05) is 0 Å². The Balaban J connectivity index is 1.19. The first-order valence-electron chi connectivity index (χ1n) is 18.7. The van der Waals surface area contributed by atoms with Crippen molar-refractivity contribution < 1.29 is 5.11 Å². The number of fused-ring (bicyclic) bond motifs is 5. The molecule has 5 heteroatoms. The molecule has 4 fully saturated rings. The molecule has 0 bridgehead atoms. The molecule has 0 saturated heterocycles. The lowest BCUT2D eigenvalue weighted by atomic mass is 9.43. The highest BCUT2D eigenvalue weighted by Crippen LogP contribution is 2.68. The summed E-state index contributed by atoms with van der Waals surface area (Å²) in [7, 11) is 0. The van der Waals surface area contributed by atoms with E-state index in [1.165, 1.54) is 83.5 Å². The van der Waals surface area contributed by atoms with E-state index >= 15 is 0 Å². The molecule has 4 aliphatic rings. The number of hydrogen-bond donors (Lipinski definition) is 5. The molecular weight excluding hydrogens is 516 g/mol. The molecule has 10 atom stereocenters. The van der Waals surface area contributed by atoms with Gasteiger partial charge in [-0.3, -0.25) is 0 Å². The second kappa shape index (κ2) is 16.4. The van der Waals surface area contributed by atoms with Crippen molar-refractivity contribution in [3.63, 3.8) is 0 Å². The summed E-state index contributed by atoms with van der Waals surface area (Å²) in [6.45, 7) is 18.9. The maximum Gasteiger partial charge on any atom is 0.0577 e. The molecule has 0 aromatic rings. The minimum absolute atomic E-state index is 0.0773. The van der Waals surface area contributed by atoms with Crippen molar-refractivity contribution in [3.8, 4) is 0 Å². The summed E-state index contributed by atoms with van der Waals surface area (Å²) in [5, 5.41) is 22.8. The van der Waals surface area contributed by atoms with Gasteiger partial charge in [0.2, 0.25) is 0 Å². The minimum atomic E-state index is -0.0773. The highest BCUT2D eigenvalue weighted by atomic mass is 16.3. The van der Waals surface area contributed by atoms with E-state index in [9.17, 15) is 5.11 Å². The van der Waals surface area contributed by atoms with Gasteiger partial charge >= 0.3 is 0 Å². The number of rotatable bonds is 18. The van der Waals surface area contributed by atoms with Gasteiger partial charge in [-0.1, -0.05) is 53.9 Å². The lowest BCUT2D eigenvalue weighted by Gasteiger charge is -2.62. The maximum atomic E-state index is 11.8. The van der Waals surface area contributed by atoms with Gasteiger partial charge in [0.05, 0.1) is 6.10 Å². The van der Waals surface area contributed by atoms with Gasteiger partial charge in [0.25, 0.3) is 0 Å². The fraction of sp³-hybridized carbons (Fsp3) is 1.00. The molecule has 5 nitrogen and oxygen atoms in total. The largest absolute Gasteiger partial charge is 0.393 e. The highest BCUT2D eigenvalue weighted by molar-refractivity contribution is 5.12. The zero-order chi connectivity index (χ0) is 30.2. The molecule has 0 spiro atoms. The number of aliphatic hydroxyl groups is 1. The van der Waals surface area contributed by atoms with Crippen LogP contribution >= 0.6 is 0 Å². The molecule has 0 amide bonds. The van der Waals surface area contributed by atoms with Gasteiger partial charge < -0.3 is 26.8 Å². The van der Waals surface area contributed by atoms with Crippen LogP contribution in [0.3, 0.4) is 0 Å². The predicted octanol–water partition coefficient (Wildman–Crippen LogP) is 6.74. The summed E-state index contributed by atoms with van der Waals surface area (Å²) in [5.74, 6) is 5.25. The first-order chi connectivity index (χ1) is 20.2. The molecule has 3 unspecified atom stereocenters. The van der Waals surface area contributed by atoms with E-state index in [1.54, 1.807) is 0 Å². The van der Waals surface area contributed by atoms with Crippen molar-refractivity contribution in [2.75, 3.05) is 39.3 Å². The third-order valence-corrected chi connectivity index (χ3v) is 13.4. The number of unbranched alkanes of at least 4 members (excludes halogenated alkanes) is 1. The lowest BCUT2D eigenvalue weighted by molar-refractivity contribution is -0.167. The maximum absolute atomic E-state index is 11.8. The summed E-state index contributed by atoms with van der Waals surface area (Å²) < 4.78 is 0. The van der Waals surface area contributed by atoms with Crippen LogP contribution in [0.5, 0.6) is 0 Å². The predicted molar refractivity (Wildman–Crippen MR) is 180 cm³/mol. The van der Waals surface area contributed by atoms with E-state index in [0.29, 0.717) is 28.7 Å². The summed E-state index contributed by atoms with van der Waals surface area (Å²) in [6, 6.07) is 0.642. The summed E-state index contributed by atoms with van der Waals surface area (Å²) in [4.78, 5) is 0. The van der Waals surface area contributed by atoms with Crippen molar-refractivity contribution in [2.24, 2.45) is 58.0 Å². The molecule has 0 heterocycles. The van der Waals surface area contributed by atoms with Gasteiger partial charge in [-0.05, 0) is 169 Å². The third-order valence-electron chi connectivity index (χ3n) is 13.4. The van der Waals surface area contributed by atoms with E-state index in [-0.39, 0.29) is 6.10 Å². The molecule has 246 valence electrons. The SMILES string of the molecule is CC(C)CCC[C@@H](C)[C@H]1CCC2C3C(CC[C@@]21C)[C@@]1(C)CC[C@H](NCCCNCCCCNCCCN)C[C@@H]1C[C@@H]3O. The Hall–Kier alpha value is -0.200. The van der Waals surface area contributed by atoms with Gasteiger partial charge in [-0.15, -0.1) is 0 Å². The lowest BCUT2D eigenvalue weighted by Crippen LogP contribution is -2.59. The molecule has 6 N–H and O–H groups in total. The zero-order valence-electron chi connectivity index (χ0n) is 28.6. The summed E-state index contributed by atoms with van der Waals surface area (Å²) in [6.07, 6.45) is 19.4. The molecule has 0 aromatic carbocycles. The Morgan fingerprint density at radius 1 is 0.738 bits per heavy atom. The smallest absolute Gasteiger partial charge is 0.0577 e. The second-order valence-corrected chi connectivity index (χ2v) is 16.5. The van der Waals surface area contributed by atoms with Crippen LogP contribution < -0.4 is 21.7 Å². The molecular formula is C37H72N4O. The standard InChI is InChI=1S/C37H72N4O/c1-27(2)11-8-12-28(3)31-13-14-32-35-33(16-18-37(31,32)5)36(4)17-15-30(25-29(36)26-34(35)42)41-24-10-23-40-21-7-6-20-39-22-9-19-38/h27-35,39-42H,6-26,38H2,1-5H3/t28-,29-,30+,31-,32?,33?,34+,35?,36+,37-/m1/s1. The highest BCUT2D eigenvalue weighted by Gasteiger charge is 2.62. The van der Waals surface area contributed by atoms with Gasteiger partial charge in [0.15, 0.2) is 0 Å². The monoisotopic (exact) mass is 589 g/mol. The van der Waals surface area contributed by atoms with Crippen LogP contribution in [0, 0.1) is 52.3 Å². The van der Waals surface area contributed by atoms with Crippen molar-refractivity contribution in [1.29, 1.82) is 0 Å². The average molecular weight is 589 g/mol. The molecule has 0 radical (unpaired) electrons. The first kappa shape index (κ1) is 34.7. The molecule has 0 aromatic heterocycles.